The lowest BCUT2D eigenvalue weighted by molar-refractivity contribution is 0.451. The third-order valence-electron chi connectivity index (χ3n) is 3.39. The average Bonchev–Trinajstić information content (AvgIpc) is 2.76. The molecule has 0 unspecified atom stereocenters. The maximum absolute atomic E-state index is 13.5. The zero-order valence-corrected chi connectivity index (χ0v) is 10.8. The van der Waals surface area contributed by atoms with Crippen molar-refractivity contribution in [3.8, 4) is 0 Å². The van der Waals surface area contributed by atoms with Crippen LogP contribution in [0.2, 0.25) is 0 Å². The first-order chi connectivity index (χ1) is 8.54. The van der Waals surface area contributed by atoms with Crippen molar-refractivity contribution in [1.82, 2.24) is 4.72 Å². The molecule has 3 N–H and O–H groups in total. The quantitative estimate of drug-likeness (QED) is 0.866. The maximum atomic E-state index is 13.5. The van der Waals surface area contributed by atoms with Crippen molar-refractivity contribution >= 4 is 10.0 Å². The van der Waals surface area contributed by atoms with E-state index in [0.717, 1.165) is 25.3 Å². The molecule has 0 amide bonds. The van der Waals surface area contributed by atoms with Crippen molar-refractivity contribution in [1.29, 1.82) is 0 Å². The second-order valence-electron chi connectivity index (χ2n) is 4.58. The highest BCUT2D eigenvalue weighted by atomic mass is 32.2. The van der Waals surface area contributed by atoms with Crippen LogP contribution < -0.4 is 10.5 Å². The second-order valence-corrected chi connectivity index (χ2v) is 6.27. The Hall–Kier alpha value is -0.980. The smallest absolute Gasteiger partial charge is 0.243 e. The van der Waals surface area contributed by atoms with E-state index in [4.69, 9.17) is 5.73 Å². The van der Waals surface area contributed by atoms with E-state index in [1.165, 1.54) is 18.2 Å². The van der Waals surface area contributed by atoms with Gasteiger partial charge in [0.05, 0.1) is 0 Å². The Morgan fingerprint density at radius 1 is 1.33 bits per heavy atom. The molecule has 1 aliphatic carbocycles. The first-order valence-electron chi connectivity index (χ1n) is 6.01. The van der Waals surface area contributed by atoms with E-state index in [1.807, 2.05) is 0 Å². The van der Waals surface area contributed by atoms with E-state index < -0.39 is 15.8 Å². The second kappa shape index (κ2) is 5.34. The van der Waals surface area contributed by atoms with Crippen molar-refractivity contribution in [2.75, 3.05) is 6.54 Å². The molecule has 0 radical (unpaired) electrons. The molecule has 6 heteroatoms. The molecule has 0 bridgehead atoms. The van der Waals surface area contributed by atoms with Crippen molar-refractivity contribution < 1.29 is 12.8 Å². The van der Waals surface area contributed by atoms with Gasteiger partial charge in [-0.3, -0.25) is 0 Å². The Bertz CT molecular complexity index is 519. The standard InChI is InChI=1S/C12H17FN2O2S/c13-10-5-1-2-7-12(10)18(16,17)15-11-6-3-4-9(11)8-14/h1-2,5,7,9,11,15H,3-4,6,8,14H2/t9-,11+/m0/s1. The van der Waals surface area contributed by atoms with Crippen LogP contribution in [0, 0.1) is 11.7 Å². The third-order valence-corrected chi connectivity index (χ3v) is 4.92. The molecule has 0 saturated heterocycles. The fourth-order valence-corrected chi connectivity index (χ4v) is 3.82. The molecule has 0 spiro atoms. The maximum Gasteiger partial charge on any atom is 0.243 e. The van der Waals surface area contributed by atoms with Gasteiger partial charge in [0.1, 0.15) is 10.7 Å². The van der Waals surface area contributed by atoms with Crippen molar-refractivity contribution in [3.63, 3.8) is 0 Å². The van der Waals surface area contributed by atoms with E-state index in [0.29, 0.717) is 6.54 Å². The zero-order chi connectivity index (χ0) is 13.2. The van der Waals surface area contributed by atoms with Gasteiger partial charge in [-0.05, 0) is 37.4 Å². The van der Waals surface area contributed by atoms with Crippen molar-refractivity contribution in [3.05, 3.63) is 30.1 Å². The van der Waals surface area contributed by atoms with Crippen LogP contribution >= 0.6 is 0 Å². The van der Waals surface area contributed by atoms with Crippen LogP contribution in [-0.4, -0.2) is 21.0 Å². The van der Waals surface area contributed by atoms with E-state index >= 15 is 0 Å². The minimum absolute atomic E-state index is 0.145. The highest BCUT2D eigenvalue weighted by Crippen LogP contribution is 2.26. The molecule has 1 aliphatic rings. The van der Waals surface area contributed by atoms with Gasteiger partial charge in [-0.25, -0.2) is 17.5 Å². The van der Waals surface area contributed by atoms with Gasteiger partial charge in [-0.2, -0.15) is 0 Å². The molecule has 0 aliphatic heterocycles. The largest absolute Gasteiger partial charge is 0.330 e. The topological polar surface area (TPSA) is 72.2 Å². The number of benzene rings is 1. The number of hydrogen-bond acceptors (Lipinski definition) is 3. The molecular formula is C12H17FN2O2S. The van der Waals surface area contributed by atoms with Crippen LogP contribution in [0.15, 0.2) is 29.2 Å². The summed E-state index contributed by atoms with van der Waals surface area (Å²) in [4.78, 5) is -0.298. The lowest BCUT2D eigenvalue weighted by atomic mass is 10.1. The first kappa shape index (κ1) is 13.5. The minimum Gasteiger partial charge on any atom is -0.330 e. The van der Waals surface area contributed by atoms with Crippen LogP contribution in [0.4, 0.5) is 4.39 Å². The van der Waals surface area contributed by atoms with Crippen LogP contribution in [-0.2, 0) is 10.0 Å². The summed E-state index contributed by atoms with van der Waals surface area (Å²) < 4.78 is 40.2. The molecule has 18 heavy (non-hydrogen) atoms. The van der Waals surface area contributed by atoms with Crippen LogP contribution in [0.25, 0.3) is 0 Å². The summed E-state index contributed by atoms with van der Waals surface area (Å²) in [5.41, 5.74) is 5.60. The number of rotatable bonds is 4. The summed E-state index contributed by atoms with van der Waals surface area (Å²) in [5.74, 6) is -0.584. The molecule has 0 heterocycles. The summed E-state index contributed by atoms with van der Waals surface area (Å²) >= 11 is 0. The van der Waals surface area contributed by atoms with E-state index in [1.54, 1.807) is 0 Å². The van der Waals surface area contributed by atoms with Gasteiger partial charge in [0.25, 0.3) is 0 Å². The fraction of sp³-hybridized carbons (Fsp3) is 0.500. The molecule has 1 saturated carbocycles. The molecule has 2 atom stereocenters. The first-order valence-corrected chi connectivity index (χ1v) is 7.50. The number of nitrogens with one attached hydrogen (secondary N) is 1. The Labute approximate surface area is 106 Å². The lowest BCUT2D eigenvalue weighted by Gasteiger charge is -2.19. The lowest BCUT2D eigenvalue weighted by Crippen LogP contribution is -2.40. The van der Waals surface area contributed by atoms with E-state index in [-0.39, 0.29) is 16.9 Å². The fourth-order valence-electron chi connectivity index (χ4n) is 2.40. The van der Waals surface area contributed by atoms with Gasteiger partial charge in [0.2, 0.25) is 10.0 Å². The summed E-state index contributed by atoms with van der Waals surface area (Å²) in [6.07, 6.45) is 2.63. The molecule has 100 valence electrons. The van der Waals surface area contributed by atoms with Gasteiger partial charge in [0.15, 0.2) is 0 Å². The monoisotopic (exact) mass is 272 g/mol. The normalized spacial score (nSPS) is 24.3. The van der Waals surface area contributed by atoms with Crippen molar-refractivity contribution in [2.24, 2.45) is 11.7 Å². The van der Waals surface area contributed by atoms with Gasteiger partial charge in [-0.15, -0.1) is 0 Å². The average molecular weight is 272 g/mol. The predicted octanol–water partition coefficient (Wildman–Crippen LogP) is 1.23. The minimum atomic E-state index is -3.80. The summed E-state index contributed by atoms with van der Waals surface area (Å²) in [6.45, 7) is 0.449. The molecule has 1 fully saturated rings. The van der Waals surface area contributed by atoms with Gasteiger partial charge >= 0.3 is 0 Å². The molecule has 0 aromatic heterocycles. The van der Waals surface area contributed by atoms with Crippen LogP contribution in [0.5, 0.6) is 0 Å². The predicted molar refractivity (Wildman–Crippen MR) is 66.9 cm³/mol. The summed E-state index contributed by atoms with van der Waals surface area (Å²) in [6, 6.07) is 5.20. The SMILES string of the molecule is NC[C@@H]1CCC[C@H]1NS(=O)(=O)c1ccccc1F. The molecular weight excluding hydrogens is 255 g/mol. The number of sulfonamides is 1. The Balaban J connectivity index is 2.20. The summed E-state index contributed by atoms with van der Waals surface area (Å²) in [7, 11) is -3.80. The van der Waals surface area contributed by atoms with Gasteiger partial charge < -0.3 is 5.73 Å². The van der Waals surface area contributed by atoms with Gasteiger partial charge in [0, 0.05) is 6.04 Å². The summed E-state index contributed by atoms with van der Waals surface area (Å²) in [5, 5.41) is 0. The number of halogens is 1. The Morgan fingerprint density at radius 3 is 2.72 bits per heavy atom. The third kappa shape index (κ3) is 2.71. The highest BCUT2D eigenvalue weighted by molar-refractivity contribution is 7.89. The van der Waals surface area contributed by atoms with Crippen molar-refractivity contribution in [2.45, 2.75) is 30.2 Å². The number of hydrogen-bond donors (Lipinski definition) is 2. The van der Waals surface area contributed by atoms with E-state index in [9.17, 15) is 12.8 Å². The Morgan fingerprint density at radius 2 is 2.06 bits per heavy atom. The van der Waals surface area contributed by atoms with Crippen LogP contribution in [0.3, 0.4) is 0 Å². The molecule has 1 aromatic carbocycles. The van der Waals surface area contributed by atoms with Crippen LogP contribution in [0.1, 0.15) is 19.3 Å². The highest BCUT2D eigenvalue weighted by Gasteiger charge is 2.31. The van der Waals surface area contributed by atoms with Gasteiger partial charge in [-0.1, -0.05) is 18.6 Å². The zero-order valence-electron chi connectivity index (χ0n) is 9.97. The number of nitrogens with two attached hydrogens (primary N) is 1. The van der Waals surface area contributed by atoms with E-state index in [2.05, 4.69) is 4.72 Å². The molecule has 2 rings (SSSR count). The Kier molecular flexibility index (Phi) is 3.99. The molecule has 1 aromatic rings. The molecule has 4 nitrogen and oxygen atoms in total.